The van der Waals surface area contributed by atoms with Gasteiger partial charge in [0.15, 0.2) is 0 Å². The lowest BCUT2D eigenvalue weighted by Crippen LogP contribution is -2.29. The minimum Gasteiger partial charge on any atom is -0.490 e. The van der Waals surface area contributed by atoms with E-state index in [-0.39, 0.29) is 5.41 Å². The first kappa shape index (κ1) is 11.4. The van der Waals surface area contributed by atoms with Gasteiger partial charge in [-0.15, -0.1) is 11.6 Å². The van der Waals surface area contributed by atoms with Gasteiger partial charge in [-0.3, -0.25) is 0 Å². The molecule has 1 fully saturated rings. The van der Waals surface area contributed by atoms with Gasteiger partial charge in [-0.2, -0.15) is 0 Å². The summed E-state index contributed by atoms with van der Waals surface area (Å²) in [4.78, 5) is 0. The predicted octanol–water partition coefficient (Wildman–Crippen LogP) is 4.04. The third kappa shape index (κ3) is 2.18. The molecule has 1 aliphatic heterocycles. The molecule has 0 saturated heterocycles. The molecule has 0 radical (unpaired) electrons. The molecule has 1 aliphatic carbocycles. The number of benzene rings is 1. The molecule has 17 heavy (non-hydrogen) atoms. The Morgan fingerprint density at radius 2 is 2.12 bits per heavy atom. The minimum atomic E-state index is 0.272. The number of alkyl halides is 1. The van der Waals surface area contributed by atoms with Crippen LogP contribution in [-0.2, 0) is 6.42 Å². The molecule has 1 saturated carbocycles. The second-order valence-electron chi connectivity index (χ2n) is 5.82. The summed E-state index contributed by atoms with van der Waals surface area (Å²) in [5.74, 6) is 2.66. The van der Waals surface area contributed by atoms with Gasteiger partial charge in [-0.1, -0.05) is 25.1 Å². The van der Waals surface area contributed by atoms with Crippen LogP contribution in [-0.4, -0.2) is 12.0 Å². The van der Waals surface area contributed by atoms with Crippen LogP contribution in [0.5, 0.6) is 5.75 Å². The zero-order chi connectivity index (χ0) is 11.9. The van der Waals surface area contributed by atoms with E-state index in [2.05, 4.69) is 25.1 Å². The molecular formula is C15H19ClO. The highest BCUT2D eigenvalue weighted by atomic mass is 35.5. The zero-order valence-corrected chi connectivity index (χ0v) is 11.0. The highest BCUT2D eigenvalue weighted by molar-refractivity contribution is 6.18. The highest BCUT2D eigenvalue weighted by Gasteiger charge is 2.43. The van der Waals surface area contributed by atoms with Crippen molar-refractivity contribution in [3.05, 3.63) is 29.8 Å². The Hall–Kier alpha value is -0.690. The monoisotopic (exact) mass is 250 g/mol. The van der Waals surface area contributed by atoms with Crippen molar-refractivity contribution >= 4 is 11.6 Å². The van der Waals surface area contributed by atoms with Crippen molar-refractivity contribution in [2.24, 2.45) is 11.3 Å². The maximum atomic E-state index is 6.18. The van der Waals surface area contributed by atoms with Gasteiger partial charge in [-0.05, 0) is 42.2 Å². The molecule has 0 spiro atoms. The van der Waals surface area contributed by atoms with E-state index in [1.807, 2.05) is 6.07 Å². The summed E-state index contributed by atoms with van der Waals surface area (Å²) < 4.78 is 6.02. The average Bonchev–Trinajstić information content (AvgIpc) is 3.11. The van der Waals surface area contributed by atoms with E-state index in [0.717, 1.165) is 30.4 Å². The second kappa shape index (κ2) is 4.20. The molecule has 1 nitrogen and oxygen atoms in total. The van der Waals surface area contributed by atoms with E-state index in [1.165, 1.54) is 18.4 Å². The minimum absolute atomic E-state index is 0.272. The topological polar surface area (TPSA) is 9.23 Å². The Morgan fingerprint density at radius 1 is 1.35 bits per heavy atom. The van der Waals surface area contributed by atoms with E-state index in [4.69, 9.17) is 16.3 Å². The third-order valence-electron chi connectivity index (χ3n) is 4.28. The largest absolute Gasteiger partial charge is 0.490 e. The molecule has 3 rings (SSSR count). The van der Waals surface area contributed by atoms with Gasteiger partial charge in [-0.25, -0.2) is 0 Å². The molecule has 2 unspecified atom stereocenters. The Labute approximate surface area is 108 Å². The van der Waals surface area contributed by atoms with Crippen molar-refractivity contribution in [3.63, 3.8) is 0 Å². The van der Waals surface area contributed by atoms with Crippen LogP contribution in [0.3, 0.4) is 0 Å². The Morgan fingerprint density at radius 3 is 2.76 bits per heavy atom. The molecule has 2 aliphatic rings. The van der Waals surface area contributed by atoms with E-state index in [0.29, 0.717) is 6.10 Å². The fourth-order valence-corrected chi connectivity index (χ4v) is 3.33. The lowest BCUT2D eigenvalue weighted by atomic mass is 9.80. The molecule has 2 heteroatoms. The molecule has 92 valence electrons. The Balaban J connectivity index is 1.68. The third-order valence-corrected chi connectivity index (χ3v) is 4.89. The van der Waals surface area contributed by atoms with Crippen LogP contribution >= 0.6 is 11.6 Å². The summed E-state index contributed by atoms with van der Waals surface area (Å²) in [6.07, 6.45) is 5.17. The first-order valence-corrected chi connectivity index (χ1v) is 7.05. The molecule has 1 aromatic carbocycles. The number of rotatable bonds is 4. The standard InChI is InChI=1S/C15H19ClO/c1-15(10-16,12-6-7-12)9-13-8-11-4-2-3-5-14(11)17-13/h2-5,12-13H,6-10H2,1H3. The van der Waals surface area contributed by atoms with Crippen LogP contribution in [0.4, 0.5) is 0 Å². The number of halogens is 1. The van der Waals surface area contributed by atoms with Crippen molar-refractivity contribution < 1.29 is 4.74 Å². The van der Waals surface area contributed by atoms with Gasteiger partial charge in [0.2, 0.25) is 0 Å². The van der Waals surface area contributed by atoms with Gasteiger partial charge >= 0.3 is 0 Å². The number of ether oxygens (including phenoxy) is 1. The van der Waals surface area contributed by atoms with Gasteiger partial charge in [0.05, 0.1) is 0 Å². The normalized spacial score (nSPS) is 26.1. The number of hydrogen-bond acceptors (Lipinski definition) is 1. The lowest BCUT2D eigenvalue weighted by Gasteiger charge is -2.29. The predicted molar refractivity (Wildman–Crippen MR) is 70.7 cm³/mol. The molecule has 2 atom stereocenters. The summed E-state index contributed by atoms with van der Waals surface area (Å²) in [6, 6.07) is 8.38. The summed E-state index contributed by atoms with van der Waals surface area (Å²) in [7, 11) is 0. The van der Waals surface area contributed by atoms with Crippen LogP contribution in [0.1, 0.15) is 31.7 Å². The second-order valence-corrected chi connectivity index (χ2v) is 6.09. The Kier molecular flexibility index (Phi) is 2.82. The van der Waals surface area contributed by atoms with Crippen LogP contribution in [0.15, 0.2) is 24.3 Å². The maximum absolute atomic E-state index is 6.18. The van der Waals surface area contributed by atoms with Crippen LogP contribution < -0.4 is 4.74 Å². The molecule has 1 heterocycles. The quantitative estimate of drug-likeness (QED) is 0.733. The first-order chi connectivity index (χ1) is 8.21. The fourth-order valence-electron chi connectivity index (χ4n) is 3.00. The van der Waals surface area contributed by atoms with Crippen LogP contribution in [0.25, 0.3) is 0 Å². The lowest BCUT2D eigenvalue weighted by molar-refractivity contribution is 0.144. The van der Waals surface area contributed by atoms with Crippen molar-refractivity contribution in [2.45, 2.75) is 38.7 Å². The average molecular weight is 251 g/mol. The van der Waals surface area contributed by atoms with Gasteiger partial charge in [0.1, 0.15) is 11.9 Å². The number of fused-ring (bicyclic) bond motifs is 1. The fraction of sp³-hybridized carbons (Fsp3) is 0.600. The van der Waals surface area contributed by atoms with E-state index in [1.54, 1.807) is 0 Å². The van der Waals surface area contributed by atoms with Gasteiger partial charge in [0.25, 0.3) is 0 Å². The summed E-state index contributed by atoms with van der Waals surface area (Å²) in [6.45, 7) is 2.32. The first-order valence-electron chi connectivity index (χ1n) is 6.52. The molecular weight excluding hydrogens is 232 g/mol. The van der Waals surface area contributed by atoms with E-state index in [9.17, 15) is 0 Å². The number of hydrogen-bond donors (Lipinski definition) is 0. The van der Waals surface area contributed by atoms with Crippen molar-refractivity contribution in [1.29, 1.82) is 0 Å². The van der Waals surface area contributed by atoms with Crippen molar-refractivity contribution in [3.8, 4) is 5.75 Å². The zero-order valence-electron chi connectivity index (χ0n) is 10.3. The summed E-state index contributed by atoms with van der Waals surface area (Å²) >= 11 is 6.18. The SMILES string of the molecule is CC(CCl)(CC1Cc2ccccc2O1)C1CC1. The highest BCUT2D eigenvalue weighted by Crippen LogP contribution is 2.50. The molecule has 0 N–H and O–H groups in total. The van der Waals surface area contributed by atoms with Crippen molar-refractivity contribution in [1.82, 2.24) is 0 Å². The molecule has 0 aromatic heterocycles. The van der Waals surface area contributed by atoms with Crippen LogP contribution in [0, 0.1) is 11.3 Å². The molecule has 0 amide bonds. The number of para-hydroxylation sites is 1. The van der Waals surface area contributed by atoms with Gasteiger partial charge < -0.3 is 4.74 Å². The smallest absolute Gasteiger partial charge is 0.123 e. The van der Waals surface area contributed by atoms with E-state index >= 15 is 0 Å². The Bertz CT molecular complexity index is 388. The summed E-state index contributed by atoms with van der Waals surface area (Å²) in [5.41, 5.74) is 1.62. The van der Waals surface area contributed by atoms with Crippen LogP contribution in [0.2, 0.25) is 0 Å². The van der Waals surface area contributed by atoms with E-state index < -0.39 is 0 Å². The molecule has 1 aromatic rings. The van der Waals surface area contributed by atoms with Gasteiger partial charge in [0, 0.05) is 12.3 Å². The molecule has 0 bridgehead atoms. The summed E-state index contributed by atoms with van der Waals surface area (Å²) in [5, 5.41) is 0. The maximum Gasteiger partial charge on any atom is 0.123 e. The van der Waals surface area contributed by atoms with Crippen molar-refractivity contribution in [2.75, 3.05) is 5.88 Å².